The molecule has 0 bridgehead atoms. The van der Waals surface area contributed by atoms with Crippen molar-refractivity contribution in [3.05, 3.63) is 18.3 Å². The molecule has 0 aliphatic rings. The van der Waals surface area contributed by atoms with E-state index < -0.39 is 0 Å². The second-order valence-corrected chi connectivity index (χ2v) is 2.21. The molecule has 0 unspecified atom stereocenters. The van der Waals surface area contributed by atoms with Crippen LogP contribution in [0.1, 0.15) is 0 Å². The summed E-state index contributed by atoms with van der Waals surface area (Å²) in [7, 11) is 0. The summed E-state index contributed by atoms with van der Waals surface area (Å²) in [5.41, 5.74) is 11.8. The van der Waals surface area contributed by atoms with Crippen LogP contribution in [-0.4, -0.2) is 14.6 Å². The third-order valence-electron chi connectivity index (χ3n) is 1.43. The molecule has 5 heteroatoms. The van der Waals surface area contributed by atoms with Crippen LogP contribution >= 0.6 is 0 Å². The number of anilines is 2. The fourth-order valence-corrected chi connectivity index (χ4v) is 0.978. The van der Waals surface area contributed by atoms with E-state index in [-0.39, 0.29) is 0 Å². The number of hydrogen-bond acceptors (Lipinski definition) is 4. The molecular formula is C6H7N5. The number of hydrogen-bond donors (Lipinski definition) is 2. The first-order valence-corrected chi connectivity index (χ1v) is 3.13. The van der Waals surface area contributed by atoms with Gasteiger partial charge in [0.25, 0.3) is 0 Å². The minimum atomic E-state index is 0.310. The van der Waals surface area contributed by atoms with Crippen LogP contribution in [0, 0.1) is 0 Å². The van der Waals surface area contributed by atoms with E-state index in [1.165, 1.54) is 4.52 Å². The molecule has 0 amide bonds. The Balaban J connectivity index is 2.91. The van der Waals surface area contributed by atoms with Crippen molar-refractivity contribution in [3.8, 4) is 0 Å². The Bertz CT molecular complexity index is 391. The lowest BCUT2D eigenvalue weighted by Crippen LogP contribution is -2.03. The van der Waals surface area contributed by atoms with Crippen molar-refractivity contribution in [2.75, 3.05) is 11.5 Å². The van der Waals surface area contributed by atoms with Crippen molar-refractivity contribution >= 4 is 17.3 Å². The van der Waals surface area contributed by atoms with Gasteiger partial charge in [-0.1, -0.05) is 0 Å². The average Bonchev–Trinajstić information content (AvgIpc) is 2.34. The predicted molar refractivity (Wildman–Crippen MR) is 41.8 cm³/mol. The van der Waals surface area contributed by atoms with Crippen molar-refractivity contribution < 1.29 is 0 Å². The lowest BCUT2D eigenvalue weighted by atomic mass is 10.4. The van der Waals surface area contributed by atoms with Gasteiger partial charge in [0.1, 0.15) is 5.82 Å². The number of nitrogen functional groups attached to an aromatic ring is 2. The molecule has 0 saturated heterocycles. The number of nitrogens with two attached hydrogens (primary N) is 2. The molecule has 2 rings (SSSR count). The summed E-state index contributed by atoms with van der Waals surface area (Å²) in [5.74, 6) is 0.723. The third kappa shape index (κ3) is 0.778. The maximum absolute atomic E-state index is 5.51. The molecule has 0 aliphatic heterocycles. The molecule has 11 heavy (non-hydrogen) atoms. The van der Waals surface area contributed by atoms with Gasteiger partial charge in [0, 0.05) is 6.07 Å². The summed E-state index contributed by atoms with van der Waals surface area (Å²) in [5, 5.41) is 3.93. The van der Waals surface area contributed by atoms with Gasteiger partial charge in [0.05, 0.1) is 11.7 Å². The van der Waals surface area contributed by atoms with Crippen LogP contribution in [0.5, 0.6) is 0 Å². The maximum atomic E-state index is 5.51. The van der Waals surface area contributed by atoms with Crippen molar-refractivity contribution in [1.29, 1.82) is 0 Å². The molecule has 4 N–H and O–H groups in total. The molecule has 2 aromatic rings. The molecule has 0 atom stereocenters. The second-order valence-electron chi connectivity index (χ2n) is 2.21. The normalized spacial score (nSPS) is 10.5. The topological polar surface area (TPSA) is 82.2 Å². The quantitative estimate of drug-likeness (QED) is 0.547. The fourth-order valence-electron chi connectivity index (χ4n) is 0.978. The summed E-state index contributed by atoms with van der Waals surface area (Å²) in [6.07, 6.45) is 1.65. The molecule has 0 aliphatic carbocycles. The van der Waals surface area contributed by atoms with Crippen molar-refractivity contribution in [3.63, 3.8) is 0 Å². The highest BCUT2D eigenvalue weighted by atomic mass is 15.3. The summed E-state index contributed by atoms with van der Waals surface area (Å²) < 4.78 is 1.52. The average molecular weight is 149 g/mol. The highest BCUT2D eigenvalue weighted by Crippen LogP contribution is 2.08. The summed E-state index contributed by atoms with van der Waals surface area (Å²) in [6, 6.07) is 3.53. The highest BCUT2D eigenvalue weighted by Gasteiger charge is 1.99. The van der Waals surface area contributed by atoms with Gasteiger partial charge in [0.15, 0.2) is 0 Å². The molecule has 0 aromatic carbocycles. The number of aromatic nitrogens is 3. The van der Waals surface area contributed by atoms with Crippen LogP contribution in [0.4, 0.5) is 11.8 Å². The van der Waals surface area contributed by atoms with Crippen LogP contribution in [-0.2, 0) is 0 Å². The van der Waals surface area contributed by atoms with E-state index in [0.29, 0.717) is 11.8 Å². The van der Waals surface area contributed by atoms with Gasteiger partial charge in [0.2, 0.25) is 5.95 Å². The smallest absolute Gasteiger partial charge is 0.223 e. The Kier molecular flexibility index (Phi) is 1.00. The van der Waals surface area contributed by atoms with Crippen molar-refractivity contribution in [1.82, 2.24) is 14.6 Å². The van der Waals surface area contributed by atoms with E-state index in [2.05, 4.69) is 10.1 Å². The molecule has 2 aromatic heterocycles. The van der Waals surface area contributed by atoms with Gasteiger partial charge in [-0.3, -0.25) is 0 Å². The summed E-state index contributed by atoms with van der Waals surface area (Å²) in [4.78, 5) is 3.83. The Morgan fingerprint density at radius 2 is 2.18 bits per heavy atom. The molecule has 0 radical (unpaired) electrons. The van der Waals surface area contributed by atoms with Crippen LogP contribution in [0.25, 0.3) is 5.52 Å². The first-order valence-electron chi connectivity index (χ1n) is 3.13. The zero-order valence-corrected chi connectivity index (χ0v) is 5.73. The number of rotatable bonds is 0. The molecule has 0 fully saturated rings. The van der Waals surface area contributed by atoms with E-state index in [9.17, 15) is 0 Å². The van der Waals surface area contributed by atoms with Gasteiger partial charge < -0.3 is 11.5 Å². The Labute approximate surface area is 62.6 Å². The largest absolute Gasteiger partial charge is 0.384 e. The summed E-state index contributed by atoms with van der Waals surface area (Å²) in [6.45, 7) is 0. The van der Waals surface area contributed by atoms with E-state index in [1.807, 2.05) is 6.07 Å². The highest BCUT2D eigenvalue weighted by molar-refractivity contribution is 5.55. The first kappa shape index (κ1) is 5.96. The maximum Gasteiger partial charge on any atom is 0.223 e. The van der Waals surface area contributed by atoms with E-state index >= 15 is 0 Å². The van der Waals surface area contributed by atoms with Gasteiger partial charge in [-0.15, -0.1) is 0 Å². The lowest BCUT2D eigenvalue weighted by molar-refractivity contribution is 0.942. The standard InChI is InChI=1S/C6H7N5/c7-5-3-4-1-2-9-11(4)6(8)10-5/h1-3H,7H2,(H2,8,10). The number of nitrogens with zero attached hydrogens (tertiary/aromatic N) is 3. The van der Waals surface area contributed by atoms with E-state index in [4.69, 9.17) is 11.5 Å². The van der Waals surface area contributed by atoms with Gasteiger partial charge in [-0.2, -0.15) is 10.1 Å². The van der Waals surface area contributed by atoms with Crippen LogP contribution in [0.15, 0.2) is 18.3 Å². The second kappa shape index (κ2) is 1.85. The van der Waals surface area contributed by atoms with Crippen molar-refractivity contribution in [2.24, 2.45) is 0 Å². The minimum absolute atomic E-state index is 0.310. The monoisotopic (exact) mass is 149 g/mol. The predicted octanol–water partition coefficient (Wildman–Crippen LogP) is -0.106. The van der Waals surface area contributed by atoms with E-state index in [0.717, 1.165) is 5.52 Å². The molecule has 5 nitrogen and oxygen atoms in total. The number of fused-ring (bicyclic) bond motifs is 1. The minimum Gasteiger partial charge on any atom is -0.384 e. The Morgan fingerprint density at radius 1 is 1.36 bits per heavy atom. The zero-order chi connectivity index (χ0) is 7.84. The zero-order valence-electron chi connectivity index (χ0n) is 5.73. The molecule has 56 valence electrons. The van der Waals surface area contributed by atoms with Crippen LogP contribution < -0.4 is 11.5 Å². The van der Waals surface area contributed by atoms with Gasteiger partial charge >= 0.3 is 0 Å². The SMILES string of the molecule is Nc1cc2ccnn2c(N)n1. The van der Waals surface area contributed by atoms with E-state index in [1.54, 1.807) is 12.3 Å². The molecule has 2 heterocycles. The third-order valence-corrected chi connectivity index (χ3v) is 1.43. The van der Waals surface area contributed by atoms with Crippen molar-refractivity contribution in [2.45, 2.75) is 0 Å². The molecule has 0 spiro atoms. The van der Waals surface area contributed by atoms with Gasteiger partial charge in [-0.05, 0) is 6.07 Å². The fraction of sp³-hybridized carbons (Fsp3) is 0. The van der Waals surface area contributed by atoms with Gasteiger partial charge in [-0.25, -0.2) is 4.52 Å². The molecular weight excluding hydrogens is 142 g/mol. The molecule has 0 saturated carbocycles. The summed E-state index contributed by atoms with van der Waals surface area (Å²) >= 11 is 0. The first-order chi connectivity index (χ1) is 5.27. The van der Waals surface area contributed by atoms with Crippen LogP contribution in [0.3, 0.4) is 0 Å². The Hall–Kier alpha value is -1.78. The lowest BCUT2D eigenvalue weighted by Gasteiger charge is -1.98. The van der Waals surface area contributed by atoms with Crippen LogP contribution in [0.2, 0.25) is 0 Å². The Morgan fingerprint density at radius 3 is 3.00 bits per heavy atom.